The number of benzene rings is 8. The summed E-state index contributed by atoms with van der Waals surface area (Å²) in [6.45, 7) is 0. The topological polar surface area (TPSA) is 12.9 Å². The SMILES string of the molecule is c1ccc(-c2c3ccccc3c(-c3cccc4c3nc(-c3ccccc3)c3ccc5sc6ccccc6c5c34)c3ccccc23)cc1. The summed E-state index contributed by atoms with van der Waals surface area (Å²) in [6.07, 6.45) is 0. The molecule has 0 saturated heterocycles. The van der Waals surface area contributed by atoms with Gasteiger partial charge >= 0.3 is 0 Å². The molecule has 218 valence electrons. The molecule has 0 radical (unpaired) electrons. The van der Waals surface area contributed by atoms with Gasteiger partial charge in [0.2, 0.25) is 0 Å². The van der Waals surface area contributed by atoms with E-state index in [9.17, 15) is 0 Å². The van der Waals surface area contributed by atoms with Crippen LogP contribution in [0.2, 0.25) is 0 Å². The van der Waals surface area contributed by atoms with Crippen LogP contribution in [0.3, 0.4) is 0 Å². The number of thiophene rings is 1. The molecule has 1 nitrogen and oxygen atoms in total. The zero-order valence-electron chi connectivity index (χ0n) is 25.4. The second kappa shape index (κ2) is 10.3. The Morgan fingerprint density at radius 2 is 0.894 bits per heavy atom. The predicted molar refractivity (Wildman–Crippen MR) is 203 cm³/mol. The Balaban J connectivity index is 1.42. The molecule has 0 N–H and O–H groups in total. The van der Waals surface area contributed by atoms with Crippen molar-refractivity contribution in [2.75, 3.05) is 0 Å². The quantitative estimate of drug-likeness (QED) is 0.143. The molecule has 0 aliphatic heterocycles. The van der Waals surface area contributed by atoms with Crippen LogP contribution in [0.25, 0.3) is 96.9 Å². The maximum absolute atomic E-state index is 5.62. The molecule has 10 aromatic rings. The lowest BCUT2D eigenvalue weighted by Crippen LogP contribution is -1.95. The molecule has 0 amide bonds. The Kier molecular flexibility index (Phi) is 5.81. The van der Waals surface area contributed by atoms with E-state index in [1.807, 2.05) is 11.3 Å². The van der Waals surface area contributed by atoms with Crippen molar-refractivity contribution >= 4 is 74.7 Å². The van der Waals surface area contributed by atoms with Gasteiger partial charge in [-0.3, -0.25) is 0 Å². The van der Waals surface area contributed by atoms with E-state index < -0.39 is 0 Å². The van der Waals surface area contributed by atoms with Crippen molar-refractivity contribution in [2.24, 2.45) is 0 Å². The molecule has 2 heterocycles. The standard InChI is InChI=1S/C45H27NS/c1-3-14-28(15-4-1)40-30-18-7-9-20-32(30)41(33-21-10-8-19-31(33)40)35-23-13-24-36-42-37(44(46-45(35)36)29-16-5-2-6-17-29)26-27-39-43(42)34-22-11-12-25-38(34)47-39/h1-27H. The number of pyridine rings is 1. The van der Waals surface area contributed by atoms with Crippen molar-refractivity contribution in [3.05, 3.63) is 164 Å². The fraction of sp³-hybridized carbons (Fsp3) is 0. The summed E-state index contributed by atoms with van der Waals surface area (Å²) in [4.78, 5) is 5.62. The highest BCUT2D eigenvalue weighted by atomic mass is 32.1. The first-order valence-corrected chi connectivity index (χ1v) is 16.9. The van der Waals surface area contributed by atoms with Gasteiger partial charge in [-0.2, -0.15) is 0 Å². The van der Waals surface area contributed by atoms with Crippen molar-refractivity contribution in [3.63, 3.8) is 0 Å². The van der Waals surface area contributed by atoms with Gasteiger partial charge in [0, 0.05) is 47.5 Å². The largest absolute Gasteiger partial charge is 0.246 e. The number of rotatable bonds is 3. The lowest BCUT2D eigenvalue weighted by atomic mass is 9.85. The van der Waals surface area contributed by atoms with Crippen LogP contribution < -0.4 is 0 Å². The van der Waals surface area contributed by atoms with E-state index in [0.29, 0.717) is 0 Å². The van der Waals surface area contributed by atoms with Gasteiger partial charge in [0.05, 0.1) is 11.2 Å². The zero-order valence-corrected chi connectivity index (χ0v) is 26.3. The third-order valence-electron chi connectivity index (χ3n) is 9.64. The summed E-state index contributed by atoms with van der Waals surface area (Å²) in [5.41, 5.74) is 8.07. The van der Waals surface area contributed by atoms with Crippen molar-refractivity contribution in [1.29, 1.82) is 0 Å². The molecule has 47 heavy (non-hydrogen) atoms. The van der Waals surface area contributed by atoms with Gasteiger partial charge in [0.25, 0.3) is 0 Å². The Morgan fingerprint density at radius 1 is 0.340 bits per heavy atom. The number of para-hydroxylation sites is 1. The first-order valence-electron chi connectivity index (χ1n) is 16.1. The Hall–Kier alpha value is -5.83. The second-order valence-electron chi connectivity index (χ2n) is 12.2. The number of aromatic nitrogens is 1. The minimum Gasteiger partial charge on any atom is -0.246 e. The molecule has 0 spiro atoms. The first kappa shape index (κ1) is 26.4. The highest BCUT2D eigenvalue weighted by molar-refractivity contribution is 7.26. The van der Waals surface area contributed by atoms with Crippen LogP contribution in [-0.4, -0.2) is 4.98 Å². The van der Waals surface area contributed by atoms with Crippen LogP contribution in [0.4, 0.5) is 0 Å². The van der Waals surface area contributed by atoms with E-state index in [1.54, 1.807) is 0 Å². The first-order chi connectivity index (χ1) is 23.3. The van der Waals surface area contributed by atoms with E-state index in [1.165, 1.54) is 74.6 Å². The lowest BCUT2D eigenvalue weighted by molar-refractivity contribution is 1.43. The molecule has 0 unspecified atom stereocenters. The number of hydrogen-bond acceptors (Lipinski definition) is 2. The smallest absolute Gasteiger partial charge is 0.0795 e. The summed E-state index contributed by atoms with van der Waals surface area (Å²) in [6, 6.07) is 59.4. The fourth-order valence-corrected chi connectivity index (χ4v) is 8.80. The van der Waals surface area contributed by atoms with Crippen LogP contribution in [-0.2, 0) is 0 Å². The third kappa shape index (κ3) is 3.92. The van der Waals surface area contributed by atoms with Gasteiger partial charge < -0.3 is 0 Å². The van der Waals surface area contributed by atoms with Crippen molar-refractivity contribution in [1.82, 2.24) is 4.98 Å². The molecular formula is C45H27NS. The molecule has 0 aliphatic carbocycles. The molecule has 0 aliphatic rings. The van der Waals surface area contributed by atoms with Crippen LogP contribution in [0.5, 0.6) is 0 Å². The molecule has 8 aromatic carbocycles. The molecule has 0 fully saturated rings. The van der Waals surface area contributed by atoms with Crippen molar-refractivity contribution in [2.45, 2.75) is 0 Å². The van der Waals surface area contributed by atoms with Gasteiger partial charge in [-0.25, -0.2) is 4.98 Å². The Bertz CT molecular complexity index is 2770. The van der Waals surface area contributed by atoms with Crippen molar-refractivity contribution in [3.8, 4) is 33.5 Å². The minimum atomic E-state index is 1.02. The zero-order chi connectivity index (χ0) is 30.9. The van der Waals surface area contributed by atoms with Crippen LogP contribution >= 0.6 is 11.3 Å². The second-order valence-corrected chi connectivity index (χ2v) is 13.3. The molecule has 2 heteroatoms. The molecule has 10 rings (SSSR count). The fourth-order valence-electron chi connectivity index (χ4n) is 7.68. The maximum atomic E-state index is 5.62. The summed E-state index contributed by atoms with van der Waals surface area (Å²) >= 11 is 1.87. The summed E-state index contributed by atoms with van der Waals surface area (Å²) in [7, 11) is 0. The number of hydrogen-bond donors (Lipinski definition) is 0. The molecule has 0 atom stereocenters. The van der Waals surface area contributed by atoms with E-state index >= 15 is 0 Å². The summed E-state index contributed by atoms with van der Waals surface area (Å²) in [5, 5.41) is 11.2. The maximum Gasteiger partial charge on any atom is 0.0795 e. The van der Waals surface area contributed by atoms with Gasteiger partial charge in [-0.15, -0.1) is 11.3 Å². The van der Waals surface area contributed by atoms with E-state index in [2.05, 4.69) is 164 Å². The third-order valence-corrected chi connectivity index (χ3v) is 10.8. The molecule has 2 aromatic heterocycles. The normalized spacial score (nSPS) is 11.8. The summed E-state index contributed by atoms with van der Waals surface area (Å²) in [5.74, 6) is 0. The minimum absolute atomic E-state index is 1.02. The van der Waals surface area contributed by atoms with E-state index in [0.717, 1.165) is 22.3 Å². The van der Waals surface area contributed by atoms with Gasteiger partial charge in [0.15, 0.2) is 0 Å². The predicted octanol–water partition coefficient (Wildman–Crippen LogP) is 13.1. The van der Waals surface area contributed by atoms with Crippen LogP contribution in [0.1, 0.15) is 0 Å². The van der Waals surface area contributed by atoms with Crippen LogP contribution in [0.15, 0.2) is 164 Å². The molecule has 0 bridgehead atoms. The average Bonchev–Trinajstić information content (AvgIpc) is 3.53. The Labute approximate surface area is 276 Å². The van der Waals surface area contributed by atoms with Gasteiger partial charge in [0.1, 0.15) is 0 Å². The molecular weight excluding hydrogens is 587 g/mol. The lowest BCUT2D eigenvalue weighted by Gasteiger charge is -2.19. The number of nitrogens with zero attached hydrogens (tertiary/aromatic N) is 1. The van der Waals surface area contributed by atoms with Crippen LogP contribution in [0, 0.1) is 0 Å². The van der Waals surface area contributed by atoms with Gasteiger partial charge in [-0.1, -0.05) is 152 Å². The average molecular weight is 614 g/mol. The molecule has 0 saturated carbocycles. The highest BCUT2D eigenvalue weighted by Gasteiger charge is 2.21. The Morgan fingerprint density at radius 3 is 1.57 bits per heavy atom. The van der Waals surface area contributed by atoms with Gasteiger partial charge in [-0.05, 0) is 50.4 Å². The monoisotopic (exact) mass is 613 g/mol. The van der Waals surface area contributed by atoms with E-state index in [-0.39, 0.29) is 0 Å². The van der Waals surface area contributed by atoms with Crippen molar-refractivity contribution < 1.29 is 0 Å². The highest BCUT2D eigenvalue weighted by Crippen LogP contribution is 2.48. The summed E-state index contributed by atoms with van der Waals surface area (Å²) < 4.78 is 2.62. The van der Waals surface area contributed by atoms with E-state index in [4.69, 9.17) is 4.98 Å². The number of fused-ring (bicyclic) bond motifs is 9.